The topological polar surface area (TPSA) is 54.5 Å². The molecule has 0 N–H and O–H groups in total. The first-order valence-electron chi connectivity index (χ1n) is 6.76. The van der Waals surface area contributed by atoms with Gasteiger partial charge in [-0.15, -0.1) is 0 Å². The maximum Gasteiger partial charge on any atom is 0.262 e. The SMILES string of the molecule is CC1CCCCCN1C(=O)c1ccccc1S(=O)(=O)Cl. The van der Waals surface area contributed by atoms with Gasteiger partial charge < -0.3 is 4.90 Å². The van der Waals surface area contributed by atoms with E-state index in [0.717, 1.165) is 25.7 Å². The number of benzene rings is 1. The molecule has 20 heavy (non-hydrogen) atoms. The van der Waals surface area contributed by atoms with Gasteiger partial charge in [-0.25, -0.2) is 8.42 Å². The molecule has 1 aliphatic heterocycles. The lowest BCUT2D eigenvalue weighted by molar-refractivity contribution is 0.0694. The monoisotopic (exact) mass is 315 g/mol. The minimum absolute atomic E-state index is 0.108. The number of carbonyl (C=O) groups is 1. The highest BCUT2D eigenvalue weighted by Crippen LogP contribution is 2.24. The molecule has 1 aliphatic rings. The van der Waals surface area contributed by atoms with Crippen LogP contribution in [-0.2, 0) is 9.05 Å². The van der Waals surface area contributed by atoms with Crippen LogP contribution in [0.1, 0.15) is 43.0 Å². The van der Waals surface area contributed by atoms with Crippen molar-refractivity contribution in [3.05, 3.63) is 29.8 Å². The summed E-state index contributed by atoms with van der Waals surface area (Å²) in [6.45, 7) is 2.66. The molecule has 1 aromatic carbocycles. The average molecular weight is 316 g/mol. The van der Waals surface area contributed by atoms with Crippen molar-refractivity contribution in [1.29, 1.82) is 0 Å². The molecule has 0 aliphatic carbocycles. The van der Waals surface area contributed by atoms with Crippen molar-refractivity contribution in [2.45, 2.75) is 43.5 Å². The smallest absolute Gasteiger partial charge is 0.262 e. The van der Waals surface area contributed by atoms with Crippen molar-refractivity contribution in [3.63, 3.8) is 0 Å². The minimum Gasteiger partial charge on any atom is -0.336 e. The van der Waals surface area contributed by atoms with Gasteiger partial charge in [0.15, 0.2) is 0 Å². The van der Waals surface area contributed by atoms with Crippen LogP contribution in [0.5, 0.6) is 0 Å². The van der Waals surface area contributed by atoms with E-state index in [0.29, 0.717) is 6.54 Å². The van der Waals surface area contributed by atoms with Gasteiger partial charge in [-0.05, 0) is 31.9 Å². The van der Waals surface area contributed by atoms with Crippen LogP contribution in [-0.4, -0.2) is 31.8 Å². The summed E-state index contributed by atoms with van der Waals surface area (Å²) in [7, 11) is 1.50. The third-order valence-corrected chi connectivity index (χ3v) is 5.07. The van der Waals surface area contributed by atoms with E-state index in [2.05, 4.69) is 0 Å². The fourth-order valence-corrected chi connectivity index (χ4v) is 3.65. The predicted molar refractivity (Wildman–Crippen MR) is 78.4 cm³/mol. The van der Waals surface area contributed by atoms with Gasteiger partial charge in [-0.3, -0.25) is 4.79 Å². The molecule has 6 heteroatoms. The van der Waals surface area contributed by atoms with Gasteiger partial charge in [0.1, 0.15) is 0 Å². The average Bonchev–Trinajstić information content (AvgIpc) is 2.62. The second-order valence-electron chi connectivity index (χ2n) is 5.13. The highest BCUT2D eigenvalue weighted by Gasteiger charge is 2.27. The van der Waals surface area contributed by atoms with Gasteiger partial charge in [0.2, 0.25) is 0 Å². The lowest BCUT2D eigenvalue weighted by atomic mass is 10.1. The Morgan fingerprint density at radius 3 is 2.65 bits per heavy atom. The quantitative estimate of drug-likeness (QED) is 0.788. The van der Waals surface area contributed by atoms with E-state index in [4.69, 9.17) is 10.7 Å². The van der Waals surface area contributed by atoms with E-state index in [1.165, 1.54) is 12.1 Å². The van der Waals surface area contributed by atoms with Gasteiger partial charge in [0, 0.05) is 23.3 Å². The lowest BCUT2D eigenvalue weighted by Gasteiger charge is -2.27. The van der Waals surface area contributed by atoms with Gasteiger partial charge in [0.25, 0.3) is 15.0 Å². The molecular formula is C14H18ClNO3S. The molecule has 1 amide bonds. The number of hydrogen-bond acceptors (Lipinski definition) is 3. The van der Waals surface area contributed by atoms with E-state index in [1.807, 2.05) is 6.92 Å². The third kappa shape index (κ3) is 3.33. The lowest BCUT2D eigenvalue weighted by Crippen LogP contribution is -2.38. The van der Waals surface area contributed by atoms with Gasteiger partial charge in [0.05, 0.1) is 10.5 Å². The summed E-state index contributed by atoms with van der Waals surface area (Å²) in [6.07, 6.45) is 4.09. The Balaban J connectivity index is 2.38. The zero-order chi connectivity index (χ0) is 14.8. The molecule has 110 valence electrons. The first kappa shape index (κ1) is 15.3. The fraction of sp³-hybridized carbons (Fsp3) is 0.500. The molecular weight excluding hydrogens is 298 g/mol. The fourth-order valence-electron chi connectivity index (χ4n) is 2.59. The molecule has 1 unspecified atom stereocenters. The molecule has 0 bridgehead atoms. The molecule has 4 nitrogen and oxygen atoms in total. The number of likely N-dealkylation sites (tertiary alicyclic amines) is 1. The van der Waals surface area contributed by atoms with Crippen molar-refractivity contribution in [1.82, 2.24) is 4.90 Å². The summed E-state index contributed by atoms with van der Waals surface area (Å²) in [5, 5.41) is 0. The van der Waals surface area contributed by atoms with Crippen LogP contribution < -0.4 is 0 Å². The van der Waals surface area contributed by atoms with Crippen LogP contribution in [0, 0.1) is 0 Å². The number of rotatable bonds is 2. The molecule has 0 radical (unpaired) electrons. The maximum atomic E-state index is 12.6. The van der Waals surface area contributed by atoms with Gasteiger partial charge in [-0.2, -0.15) is 0 Å². The predicted octanol–water partition coefficient (Wildman–Crippen LogP) is 3.02. The van der Waals surface area contributed by atoms with E-state index in [1.54, 1.807) is 17.0 Å². The van der Waals surface area contributed by atoms with Crippen LogP contribution in [0.15, 0.2) is 29.2 Å². The largest absolute Gasteiger partial charge is 0.336 e. The Labute approximate surface area is 124 Å². The Morgan fingerprint density at radius 2 is 1.95 bits per heavy atom. The third-order valence-electron chi connectivity index (χ3n) is 3.69. The maximum absolute atomic E-state index is 12.6. The van der Waals surface area contributed by atoms with Crippen molar-refractivity contribution in [2.75, 3.05) is 6.54 Å². The molecule has 1 heterocycles. The van der Waals surface area contributed by atoms with E-state index in [-0.39, 0.29) is 22.4 Å². The molecule has 1 saturated heterocycles. The van der Waals surface area contributed by atoms with Crippen LogP contribution in [0.25, 0.3) is 0 Å². The number of halogens is 1. The van der Waals surface area contributed by atoms with Crippen molar-refractivity contribution in [3.8, 4) is 0 Å². The molecule has 0 saturated carbocycles. The van der Waals surface area contributed by atoms with Gasteiger partial charge >= 0.3 is 0 Å². The van der Waals surface area contributed by atoms with Gasteiger partial charge in [-0.1, -0.05) is 25.0 Å². The second-order valence-corrected chi connectivity index (χ2v) is 7.67. The van der Waals surface area contributed by atoms with E-state index >= 15 is 0 Å². The van der Waals surface area contributed by atoms with E-state index in [9.17, 15) is 13.2 Å². The first-order valence-corrected chi connectivity index (χ1v) is 9.07. The second kappa shape index (κ2) is 6.14. The van der Waals surface area contributed by atoms with Crippen LogP contribution >= 0.6 is 10.7 Å². The Hall–Kier alpha value is -1.07. The number of amides is 1. The molecule has 0 aromatic heterocycles. The molecule has 1 aromatic rings. The van der Waals surface area contributed by atoms with E-state index < -0.39 is 9.05 Å². The Kier molecular flexibility index (Phi) is 4.70. The van der Waals surface area contributed by atoms with Crippen molar-refractivity contribution >= 4 is 25.6 Å². The summed E-state index contributed by atoms with van der Waals surface area (Å²) in [5.74, 6) is -0.251. The molecule has 1 fully saturated rings. The van der Waals surface area contributed by atoms with Crippen molar-refractivity contribution in [2.24, 2.45) is 0 Å². The molecule has 2 rings (SSSR count). The first-order chi connectivity index (χ1) is 9.41. The minimum atomic E-state index is -3.92. The standard InChI is InChI=1S/C14H18ClNO3S/c1-11-7-3-2-6-10-16(11)14(17)12-8-4-5-9-13(12)20(15,18)19/h4-5,8-9,11H,2-3,6-7,10H2,1H3. The van der Waals surface area contributed by atoms with Crippen molar-refractivity contribution < 1.29 is 13.2 Å². The Morgan fingerprint density at radius 1 is 1.25 bits per heavy atom. The van der Waals surface area contributed by atoms with Crippen LogP contribution in [0.4, 0.5) is 0 Å². The summed E-state index contributed by atoms with van der Waals surface area (Å²) in [6, 6.07) is 6.24. The summed E-state index contributed by atoms with van der Waals surface area (Å²) in [4.78, 5) is 14.3. The number of hydrogen-bond donors (Lipinski definition) is 0. The zero-order valence-electron chi connectivity index (χ0n) is 11.4. The van der Waals surface area contributed by atoms with Crippen LogP contribution in [0.3, 0.4) is 0 Å². The highest BCUT2D eigenvalue weighted by molar-refractivity contribution is 8.13. The summed E-state index contributed by atoms with van der Waals surface area (Å²) < 4.78 is 23.2. The number of carbonyl (C=O) groups excluding carboxylic acids is 1. The summed E-state index contributed by atoms with van der Waals surface area (Å²) in [5.41, 5.74) is 0.163. The Bertz CT molecular complexity index is 600. The molecule has 0 spiro atoms. The summed E-state index contributed by atoms with van der Waals surface area (Å²) >= 11 is 0. The highest BCUT2D eigenvalue weighted by atomic mass is 35.7. The number of nitrogens with zero attached hydrogens (tertiary/aromatic N) is 1. The molecule has 1 atom stereocenters. The van der Waals surface area contributed by atoms with Crippen LogP contribution in [0.2, 0.25) is 0 Å². The normalized spacial score (nSPS) is 20.5. The zero-order valence-corrected chi connectivity index (χ0v) is 13.0.